The van der Waals surface area contributed by atoms with E-state index in [0.29, 0.717) is 11.4 Å². The van der Waals surface area contributed by atoms with Crippen LogP contribution in [0.2, 0.25) is 15.2 Å². The molecular weight excluding hydrogens is 309 g/mol. The highest BCUT2D eigenvalue weighted by molar-refractivity contribution is 6.44. The van der Waals surface area contributed by atoms with Crippen LogP contribution in [0.5, 0.6) is 0 Å². The van der Waals surface area contributed by atoms with E-state index in [2.05, 4.69) is 10.3 Å². The van der Waals surface area contributed by atoms with Crippen LogP contribution in [0.3, 0.4) is 0 Å². The molecule has 1 heterocycles. The Labute approximate surface area is 124 Å². The Hall–Kier alpha value is -1.49. The van der Waals surface area contributed by atoms with Crippen LogP contribution in [0.15, 0.2) is 30.5 Å². The lowest BCUT2D eigenvalue weighted by Crippen LogP contribution is -2.13. The number of anilines is 2. The highest BCUT2D eigenvalue weighted by Gasteiger charge is 2.14. The average Bonchev–Trinajstić information content (AvgIpc) is 2.33. The van der Waals surface area contributed by atoms with Crippen molar-refractivity contribution >= 4 is 52.1 Å². The number of amides is 1. The van der Waals surface area contributed by atoms with Crippen molar-refractivity contribution in [3.8, 4) is 0 Å². The molecule has 0 atom stereocenters. The number of carbonyl (C=O) groups excluding carboxylic acids is 1. The van der Waals surface area contributed by atoms with Crippen molar-refractivity contribution in [2.45, 2.75) is 0 Å². The molecule has 0 aliphatic carbocycles. The minimum Gasteiger partial charge on any atom is -0.399 e. The molecule has 1 aromatic heterocycles. The second kappa shape index (κ2) is 5.65. The van der Waals surface area contributed by atoms with Gasteiger partial charge in [0, 0.05) is 17.6 Å². The first-order valence-corrected chi connectivity index (χ1v) is 6.28. The average molecular weight is 317 g/mol. The van der Waals surface area contributed by atoms with Crippen molar-refractivity contribution in [1.82, 2.24) is 4.98 Å². The summed E-state index contributed by atoms with van der Waals surface area (Å²) in [6.07, 6.45) is 1.48. The molecule has 0 saturated heterocycles. The molecule has 3 N–H and O–H groups in total. The van der Waals surface area contributed by atoms with Crippen molar-refractivity contribution in [1.29, 1.82) is 0 Å². The molecule has 0 spiro atoms. The number of carbonyl (C=O) groups is 1. The van der Waals surface area contributed by atoms with E-state index in [1.807, 2.05) is 0 Å². The summed E-state index contributed by atoms with van der Waals surface area (Å²) in [6, 6.07) is 6.04. The fraction of sp³-hybridized carbons (Fsp3) is 0. The van der Waals surface area contributed by atoms with Gasteiger partial charge < -0.3 is 11.1 Å². The van der Waals surface area contributed by atoms with Crippen LogP contribution in [-0.2, 0) is 0 Å². The van der Waals surface area contributed by atoms with Gasteiger partial charge >= 0.3 is 0 Å². The van der Waals surface area contributed by atoms with Gasteiger partial charge in [-0.25, -0.2) is 4.98 Å². The number of nitrogens with two attached hydrogens (primary N) is 1. The summed E-state index contributed by atoms with van der Waals surface area (Å²) in [6.45, 7) is 0. The third-order valence-corrected chi connectivity index (χ3v) is 3.29. The quantitative estimate of drug-likeness (QED) is 0.652. The van der Waals surface area contributed by atoms with Gasteiger partial charge in [0.05, 0.1) is 15.6 Å². The van der Waals surface area contributed by atoms with E-state index in [9.17, 15) is 4.79 Å². The van der Waals surface area contributed by atoms with Crippen LogP contribution >= 0.6 is 34.8 Å². The highest BCUT2D eigenvalue weighted by atomic mass is 35.5. The molecule has 0 saturated carbocycles. The zero-order chi connectivity index (χ0) is 14.0. The van der Waals surface area contributed by atoms with E-state index in [-0.39, 0.29) is 20.8 Å². The predicted molar refractivity (Wildman–Crippen MR) is 78.1 cm³/mol. The molecule has 2 rings (SSSR count). The van der Waals surface area contributed by atoms with E-state index in [1.165, 1.54) is 24.4 Å². The van der Waals surface area contributed by atoms with Gasteiger partial charge in [0.2, 0.25) is 0 Å². The molecule has 2 aromatic rings. The van der Waals surface area contributed by atoms with Crippen molar-refractivity contribution in [3.63, 3.8) is 0 Å². The largest absolute Gasteiger partial charge is 0.399 e. The third-order valence-electron chi connectivity index (χ3n) is 2.28. The van der Waals surface area contributed by atoms with Crippen LogP contribution in [0, 0.1) is 0 Å². The smallest absolute Gasteiger partial charge is 0.257 e. The molecule has 4 nitrogen and oxygen atoms in total. The Bertz CT molecular complexity index is 646. The number of nitrogen functional groups attached to an aromatic ring is 1. The van der Waals surface area contributed by atoms with Crippen molar-refractivity contribution in [2.24, 2.45) is 0 Å². The third kappa shape index (κ3) is 3.29. The Balaban J connectivity index is 2.30. The molecule has 0 aliphatic rings. The molecule has 1 aromatic carbocycles. The van der Waals surface area contributed by atoms with E-state index in [1.54, 1.807) is 6.07 Å². The lowest BCUT2D eigenvalue weighted by molar-refractivity contribution is 0.102. The zero-order valence-corrected chi connectivity index (χ0v) is 11.7. The molecule has 0 aliphatic heterocycles. The Kier molecular flexibility index (Phi) is 4.14. The van der Waals surface area contributed by atoms with Crippen LogP contribution in [0.1, 0.15) is 10.4 Å². The lowest BCUT2D eigenvalue weighted by atomic mass is 10.2. The van der Waals surface area contributed by atoms with Gasteiger partial charge in [0.15, 0.2) is 0 Å². The van der Waals surface area contributed by atoms with Crippen molar-refractivity contribution < 1.29 is 4.79 Å². The van der Waals surface area contributed by atoms with Gasteiger partial charge in [-0.1, -0.05) is 34.8 Å². The number of nitrogens with one attached hydrogen (secondary N) is 1. The monoisotopic (exact) mass is 315 g/mol. The summed E-state index contributed by atoms with van der Waals surface area (Å²) in [4.78, 5) is 15.9. The summed E-state index contributed by atoms with van der Waals surface area (Å²) in [7, 11) is 0. The fourth-order valence-corrected chi connectivity index (χ4v) is 2.05. The molecule has 98 valence electrons. The number of hydrogen-bond acceptors (Lipinski definition) is 3. The maximum absolute atomic E-state index is 12.1. The summed E-state index contributed by atoms with van der Waals surface area (Å²) in [5.74, 6) is -0.429. The van der Waals surface area contributed by atoms with E-state index in [4.69, 9.17) is 40.5 Å². The number of benzene rings is 1. The first-order chi connectivity index (χ1) is 8.97. The zero-order valence-electron chi connectivity index (χ0n) is 9.45. The maximum atomic E-state index is 12.1. The Morgan fingerprint density at radius 3 is 2.63 bits per heavy atom. The molecule has 0 bridgehead atoms. The Morgan fingerprint density at radius 2 is 1.95 bits per heavy atom. The van der Waals surface area contributed by atoms with Gasteiger partial charge in [0.1, 0.15) is 5.15 Å². The molecule has 0 unspecified atom stereocenters. The molecule has 0 fully saturated rings. The summed E-state index contributed by atoms with van der Waals surface area (Å²) < 4.78 is 0. The van der Waals surface area contributed by atoms with E-state index >= 15 is 0 Å². The van der Waals surface area contributed by atoms with Gasteiger partial charge in [0.25, 0.3) is 5.91 Å². The fourth-order valence-electron chi connectivity index (χ4n) is 1.45. The molecule has 19 heavy (non-hydrogen) atoms. The molecule has 0 radical (unpaired) electrons. The number of rotatable bonds is 2. The predicted octanol–water partition coefficient (Wildman–Crippen LogP) is 3.88. The first-order valence-electron chi connectivity index (χ1n) is 5.15. The van der Waals surface area contributed by atoms with Gasteiger partial charge in [-0.2, -0.15) is 0 Å². The Morgan fingerprint density at radius 1 is 1.21 bits per heavy atom. The molecular formula is C12H8Cl3N3O. The van der Waals surface area contributed by atoms with Crippen molar-refractivity contribution in [2.75, 3.05) is 11.1 Å². The normalized spacial score (nSPS) is 10.3. The van der Waals surface area contributed by atoms with Crippen LogP contribution < -0.4 is 11.1 Å². The first kappa shape index (κ1) is 13.9. The van der Waals surface area contributed by atoms with Gasteiger partial charge in [-0.3, -0.25) is 4.79 Å². The minimum atomic E-state index is -0.429. The second-order valence-electron chi connectivity index (χ2n) is 3.69. The summed E-state index contributed by atoms with van der Waals surface area (Å²) >= 11 is 17.6. The number of pyridine rings is 1. The van der Waals surface area contributed by atoms with Crippen LogP contribution in [0.25, 0.3) is 0 Å². The SMILES string of the molecule is Nc1cc(Cl)c(Cl)c(C(=O)Nc2ccnc(Cl)c2)c1. The topological polar surface area (TPSA) is 68.0 Å². The number of hydrogen-bond donors (Lipinski definition) is 2. The lowest BCUT2D eigenvalue weighted by Gasteiger charge is -2.09. The standard InChI is InChI=1S/C12H8Cl3N3O/c13-9-4-6(16)3-8(11(9)15)12(19)18-7-1-2-17-10(14)5-7/h1-5H,16H2,(H,17,18,19). The maximum Gasteiger partial charge on any atom is 0.257 e. The molecule has 1 amide bonds. The van der Waals surface area contributed by atoms with Crippen molar-refractivity contribution in [3.05, 3.63) is 51.2 Å². The van der Waals surface area contributed by atoms with Gasteiger partial charge in [-0.05, 0) is 24.3 Å². The molecule has 7 heteroatoms. The van der Waals surface area contributed by atoms with E-state index in [0.717, 1.165) is 0 Å². The number of nitrogens with zero attached hydrogens (tertiary/aromatic N) is 1. The van der Waals surface area contributed by atoms with E-state index < -0.39 is 5.91 Å². The summed E-state index contributed by atoms with van der Waals surface area (Å²) in [5, 5.41) is 3.27. The summed E-state index contributed by atoms with van der Waals surface area (Å²) in [5.41, 5.74) is 6.68. The minimum absolute atomic E-state index is 0.147. The number of halogens is 3. The van der Waals surface area contributed by atoms with Crippen LogP contribution in [0.4, 0.5) is 11.4 Å². The second-order valence-corrected chi connectivity index (χ2v) is 4.86. The van der Waals surface area contributed by atoms with Gasteiger partial charge in [-0.15, -0.1) is 0 Å². The highest BCUT2D eigenvalue weighted by Crippen LogP contribution is 2.29. The number of aromatic nitrogens is 1. The van der Waals surface area contributed by atoms with Crippen LogP contribution in [-0.4, -0.2) is 10.9 Å².